The van der Waals surface area contributed by atoms with Gasteiger partial charge in [-0.15, -0.1) is 0 Å². The Hall–Kier alpha value is -0.860. The van der Waals surface area contributed by atoms with Gasteiger partial charge in [0.1, 0.15) is 0 Å². The van der Waals surface area contributed by atoms with Gasteiger partial charge in [0, 0.05) is 25.7 Å². The highest BCUT2D eigenvalue weighted by molar-refractivity contribution is 5.14. The lowest BCUT2D eigenvalue weighted by Gasteiger charge is -2.27. The average Bonchev–Trinajstić information content (AvgIpc) is 2.50. The Kier molecular flexibility index (Phi) is 4.57. The molecule has 1 saturated heterocycles. The van der Waals surface area contributed by atoms with Crippen molar-refractivity contribution in [1.29, 1.82) is 0 Å². The van der Waals surface area contributed by atoms with Crippen LogP contribution in [0, 0.1) is 5.92 Å². The molecule has 0 aromatic heterocycles. The molecule has 0 spiro atoms. The maximum absolute atomic E-state index is 3.53. The minimum atomic E-state index is 0.656. The van der Waals surface area contributed by atoms with E-state index in [1.54, 1.807) is 0 Å². The lowest BCUT2D eigenvalue weighted by Crippen LogP contribution is -2.39. The molecule has 2 unspecified atom stereocenters. The molecule has 0 saturated carbocycles. The molecule has 2 heteroatoms. The first-order chi connectivity index (χ1) is 8.25. The summed E-state index contributed by atoms with van der Waals surface area (Å²) in [6, 6.07) is 11.5. The fraction of sp³-hybridized carbons (Fsp3) is 0.600. The largest absolute Gasteiger partial charge is 0.315 e. The molecule has 0 radical (unpaired) electrons. The van der Waals surface area contributed by atoms with Crippen LogP contribution in [0.1, 0.15) is 19.4 Å². The van der Waals surface area contributed by atoms with Crippen LogP contribution in [-0.4, -0.2) is 37.1 Å². The van der Waals surface area contributed by atoms with Crippen LogP contribution in [0.2, 0.25) is 0 Å². The van der Waals surface area contributed by atoms with Crippen LogP contribution >= 0.6 is 0 Å². The number of nitrogens with one attached hydrogen (secondary N) is 1. The van der Waals surface area contributed by atoms with E-state index >= 15 is 0 Å². The topological polar surface area (TPSA) is 15.3 Å². The zero-order chi connectivity index (χ0) is 12.1. The number of hydrogen-bond acceptors (Lipinski definition) is 2. The predicted molar refractivity (Wildman–Crippen MR) is 73.2 cm³/mol. The van der Waals surface area contributed by atoms with E-state index in [1.165, 1.54) is 18.7 Å². The molecule has 0 bridgehead atoms. The summed E-state index contributed by atoms with van der Waals surface area (Å²) in [6.45, 7) is 9.35. The third-order valence-electron chi connectivity index (χ3n) is 3.63. The van der Waals surface area contributed by atoms with E-state index in [9.17, 15) is 0 Å². The van der Waals surface area contributed by atoms with Gasteiger partial charge in [0.15, 0.2) is 0 Å². The monoisotopic (exact) mass is 232 g/mol. The maximum atomic E-state index is 3.53. The van der Waals surface area contributed by atoms with Crippen molar-refractivity contribution in [2.75, 3.05) is 26.2 Å². The molecular weight excluding hydrogens is 208 g/mol. The van der Waals surface area contributed by atoms with Crippen molar-refractivity contribution < 1.29 is 0 Å². The molecule has 1 aliphatic heterocycles. The van der Waals surface area contributed by atoms with Gasteiger partial charge in [0.25, 0.3) is 0 Å². The Morgan fingerprint density at radius 1 is 1.18 bits per heavy atom. The van der Waals surface area contributed by atoms with Crippen LogP contribution in [-0.2, 0) is 6.42 Å². The second-order valence-electron chi connectivity index (χ2n) is 5.34. The minimum Gasteiger partial charge on any atom is -0.315 e. The van der Waals surface area contributed by atoms with E-state index in [-0.39, 0.29) is 0 Å². The zero-order valence-electron chi connectivity index (χ0n) is 11.0. The molecule has 2 atom stereocenters. The molecule has 1 aliphatic rings. The summed E-state index contributed by atoms with van der Waals surface area (Å²) in [4.78, 5) is 2.62. The van der Waals surface area contributed by atoms with Gasteiger partial charge < -0.3 is 5.32 Å². The van der Waals surface area contributed by atoms with Gasteiger partial charge >= 0.3 is 0 Å². The molecule has 1 fully saturated rings. The van der Waals surface area contributed by atoms with Gasteiger partial charge in [0.05, 0.1) is 0 Å². The summed E-state index contributed by atoms with van der Waals surface area (Å²) >= 11 is 0. The van der Waals surface area contributed by atoms with Gasteiger partial charge in [-0.1, -0.05) is 37.3 Å². The van der Waals surface area contributed by atoms with Crippen LogP contribution < -0.4 is 5.32 Å². The van der Waals surface area contributed by atoms with Crippen molar-refractivity contribution in [3.63, 3.8) is 0 Å². The summed E-state index contributed by atoms with van der Waals surface area (Å²) in [6.07, 6.45) is 1.16. The molecule has 17 heavy (non-hydrogen) atoms. The van der Waals surface area contributed by atoms with Crippen molar-refractivity contribution >= 4 is 0 Å². The molecule has 0 amide bonds. The molecule has 1 heterocycles. The summed E-state index contributed by atoms with van der Waals surface area (Å²) in [5.74, 6) is 0.760. The third-order valence-corrected chi connectivity index (χ3v) is 3.63. The second kappa shape index (κ2) is 6.18. The van der Waals surface area contributed by atoms with Gasteiger partial charge in [-0.2, -0.15) is 0 Å². The number of rotatable bonds is 3. The molecule has 2 nitrogen and oxygen atoms in total. The van der Waals surface area contributed by atoms with Crippen LogP contribution in [0.5, 0.6) is 0 Å². The van der Waals surface area contributed by atoms with Crippen molar-refractivity contribution in [2.45, 2.75) is 26.3 Å². The number of nitrogens with zero attached hydrogens (tertiary/aromatic N) is 1. The molecule has 1 aromatic rings. The SMILES string of the molecule is CC1CNCC(C)N(CCc2ccccc2)C1. The average molecular weight is 232 g/mol. The molecule has 1 aromatic carbocycles. The van der Waals surface area contributed by atoms with E-state index < -0.39 is 0 Å². The van der Waals surface area contributed by atoms with Crippen molar-refractivity contribution in [3.8, 4) is 0 Å². The first-order valence-corrected chi connectivity index (χ1v) is 6.74. The predicted octanol–water partition coefficient (Wildman–Crippen LogP) is 2.16. The normalized spacial score (nSPS) is 26.7. The van der Waals surface area contributed by atoms with Gasteiger partial charge in [-0.3, -0.25) is 4.90 Å². The first-order valence-electron chi connectivity index (χ1n) is 6.74. The summed E-state index contributed by atoms with van der Waals surface area (Å²) in [7, 11) is 0. The fourth-order valence-corrected chi connectivity index (χ4v) is 2.54. The van der Waals surface area contributed by atoms with E-state index in [2.05, 4.69) is 54.4 Å². The molecular formula is C15H24N2. The highest BCUT2D eigenvalue weighted by atomic mass is 15.2. The standard InChI is InChI=1S/C15H24N2/c1-13-10-16-11-14(2)17(12-13)9-8-15-6-4-3-5-7-15/h3-7,13-14,16H,8-12H2,1-2H3. The van der Waals surface area contributed by atoms with E-state index in [0.29, 0.717) is 6.04 Å². The lowest BCUT2D eigenvalue weighted by atomic mass is 10.1. The van der Waals surface area contributed by atoms with Crippen molar-refractivity contribution in [1.82, 2.24) is 10.2 Å². The van der Waals surface area contributed by atoms with E-state index in [4.69, 9.17) is 0 Å². The molecule has 94 valence electrons. The minimum absolute atomic E-state index is 0.656. The number of hydrogen-bond donors (Lipinski definition) is 1. The van der Waals surface area contributed by atoms with E-state index in [1.807, 2.05) is 0 Å². The Balaban J connectivity index is 1.88. The Morgan fingerprint density at radius 3 is 2.71 bits per heavy atom. The van der Waals surface area contributed by atoms with Crippen LogP contribution in [0.25, 0.3) is 0 Å². The summed E-state index contributed by atoms with van der Waals surface area (Å²) < 4.78 is 0. The fourth-order valence-electron chi connectivity index (χ4n) is 2.54. The van der Waals surface area contributed by atoms with Crippen LogP contribution in [0.3, 0.4) is 0 Å². The second-order valence-corrected chi connectivity index (χ2v) is 5.34. The van der Waals surface area contributed by atoms with Gasteiger partial charge in [0.2, 0.25) is 0 Å². The lowest BCUT2D eigenvalue weighted by molar-refractivity contribution is 0.206. The van der Waals surface area contributed by atoms with Crippen LogP contribution in [0.4, 0.5) is 0 Å². The van der Waals surface area contributed by atoms with Crippen molar-refractivity contribution in [3.05, 3.63) is 35.9 Å². The molecule has 2 rings (SSSR count). The quantitative estimate of drug-likeness (QED) is 0.859. The zero-order valence-corrected chi connectivity index (χ0v) is 11.0. The Bertz CT molecular complexity index is 323. The highest BCUT2D eigenvalue weighted by Crippen LogP contribution is 2.10. The van der Waals surface area contributed by atoms with Crippen molar-refractivity contribution in [2.24, 2.45) is 5.92 Å². The van der Waals surface area contributed by atoms with E-state index in [0.717, 1.165) is 25.4 Å². The smallest absolute Gasteiger partial charge is 0.0192 e. The highest BCUT2D eigenvalue weighted by Gasteiger charge is 2.19. The number of benzene rings is 1. The molecule has 1 N–H and O–H groups in total. The third kappa shape index (κ3) is 3.83. The molecule has 0 aliphatic carbocycles. The van der Waals surface area contributed by atoms with Crippen LogP contribution in [0.15, 0.2) is 30.3 Å². The summed E-state index contributed by atoms with van der Waals surface area (Å²) in [5, 5.41) is 3.53. The maximum Gasteiger partial charge on any atom is 0.0192 e. The Labute approximate surface area is 105 Å². The van der Waals surface area contributed by atoms with Gasteiger partial charge in [-0.05, 0) is 31.4 Å². The van der Waals surface area contributed by atoms with Gasteiger partial charge in [-0.25, -0.2) is 0 Å². The first kappa shape index (κ1) is 12.6. The summed E-state index contributed by atoms with van der Waals surface area (Å²) in [5.41, 5.74) is 1.45. The Morgan fingerprint density at radius 2 is 1.94 bits per heavy atom.